The lowest BCUT2D eigenvalue weighted by Crippen LogP contribution is -2.53. The van der Waals surface area contributed by atoms with Crippen molar-refractivity contribution in [2.24, 2.45) is 0 Å². The van der Waals surface area contributed by atoms with Crippen LogP contribution in [-0.4, -0.2) is 92.0 Å². The molecule has 0 aromatic heterocycles. The smallest absolute Gasteiger partial charge is 0.293 e. The van der Waals surface area contributed by atoms with E-state index in [0.29, 0.717) is 42.7 Å². The van der Waals surface area contributed by atoms with Crippen molar-refractivity contribution in [2.75, 3.05) is 62.8 Å². The molecule has 3 aromatic carbocycles. The number of benzene rings is 3. The Hall–Kier alpha value is -4.32. The number of nitro benzene ring substituents is 1. The molecule has 0 bridgehead atoms. The monoisotopic (exact) mass is 636 g/mol. The summed E-state index contributed by atoms with van der Waals surface area (Å²) in [4.78, 5) is 17.8. The van der Waals surface area contributed by atoms with Gasteiger partial charge in [0.25, 0.3) is 15.7 Å². The zero-order valence-corrected chi connectivity index (χ0v) is 26.3. The summed E-state index contributed by atoms with van der Waals surface area (Å²) in [5.41, 5.74) is 0.778. The Morgan fingerprint density at radius 3 is 2.30 bits per heavy atom. The van der Waals surface area contributed by atoms with Gasteiger partial charge in [0.1, 0.15) is 5.69 Å². The highest BCUT2D eigenvalue weighted by Crippen LogP contribution is 2.31. The molecule has 232 valence electrons. The van der Waals surface area contributed by atoms with Gasteiger partial charge in [0.2, 0.25) is 12.2 Å². The van der Waals surface area contributed by atoms with Crippen molar-refractivity contribution in [1.82, 2.24) is 14.1 Å². The molecule has 2 N–H and O–H groups in total. The summed E-state index contributed by atoms with van der Waals surface area (Å²) in [6.45, 7) is 2.48. The minimum absolute atomic E-state index is 0.151. The van der Waals surface area contributed by atoms with E-state index in [4.69, 9.17) is 5.41 Å². The van der Waals surface area contributed by atoms with Crippen molar-refractivity contribution in [3.63, 3.8) is 0 Å². The number of anilines is 2. The fourth-order valence-corrected chi connectivity index (χ4v) is 6.91. The van der Waals surface area contributed by atoms with Gasteiger partial charge in [0, 0.05) is 54.6 Å². The zero-order chi connectivity index (χ0) is 31.7. The first-order valence-corrected chi connectivity index (χ1v) is 16.5. The molecular weight excluding hydrogens is 601 g/mol. The van der Waals surface area contributed by atoms with Gasteiger partial charge in [-0.05, 0) is 63.5 Å². The minimum atomic E-state index is -4.58. The van der Waals surface area contributed by atoms with E-state index in [1.54, 1.807) is 18.0 Å². The number of guanidine groups is 1. The van der Waals surface area contributed by atoms with Crippen LogP contribution >= 0.6 is 11.8 Å². The Balaban J connectivity index is 1.51. The standard InChI is InChI=1S/C30H36N8O4S2/c1-34(2)16-15-24(22-43-26-11-7-4-8-12-26)33-28-14-13-27(21-29(28)38(39)40)44(41,42)37(23-31)30(32)36-19-17-35(18-20-36)25-9-5-3-6-10-25/h3-14,21,24,32-33H,15-20,22H2,1-2H3/t24-/m1/s1. The number of piperazine rings is 1. The lowest BCUT2D eigenvalue weighted by Gasteiger charge is -2.38. The molecule has 0 radical (unpaired) electrons. The Bertz CT molecular complexity index is 1580. The maximum atomic E-state index is 13.6. The summed E-state index contributed by atoms with van der Waals surface area (Å²) < 4.78 is 27.4. The normalized spacial score (nSPS) is 14.1. The maximum absolute atomic E-state index is 13.6. The summed E-state index contributed by atoms with van der Waals surface area (Å²) in [6.07, 6.45) is 2.30. The van der Waals surface area contributed by atoms with Gasteiger partial charge in [-0.25, -0.2) is 0 Å². The molecule has 1 aliphatic rings. The third-order valence-electron chi connectivity index (χ3n) is 7.17. The molecule has 0 spiro atoms. The molecular formula is C30H36N8O4S2. The number of nitrogens with zero attached hydrogens (tertiary/aromatic N) is 6. The van der Waals surface area contributed by atoms with Gasteiger partial charge in [0.15, 0.2) is 0 Å². The number of para-hydroxylation sites is 1. The van der Waals surface area contributed by atoms with Crippen LogP contribution in [-0.2, 0) is 10.0 Å². The minimum Gasteiger partial charge on any atom is -0.376 e. The molecule has 0 saturated carbocycles. The molecule has 1 fully saturated rings. The first-order valence-electron chi connectivity index (χ1n) is 14.1. The van der Waals surface area contributed by atoms with Crippen LogP contribution in [0.4, 0.5) is 17.1 Å². The molecule has 0 aliphatic carbocycles. The van der Waals surface area contributed by atoms with Gasteiger partial charge in [0.05, 0.1) is 9.82 Å². The third kappa shape index (κ3) is 8.19. The lowest BCUT2D eigenvalue weighted by molar-refractivity contribution is -0.384. The topological polar surface area (TPSA) is 150 Å². The van der Waals surface area contributed by atoms with E-state index < -0.39 is 31.5 Å². The van der Waals surface area contributed by atoms with Gasteiger partial charge in [-0.3, -0.25) is 15.5 Å². The number of nitro groups is 1. The molecule has 1 aliphatic heterocycles. The van der Waals surface area contributed by atoms with Gasteiger partial charge < -0.3 is 20.0 Å². The van der Waals surface area contributed by atoms with E-state index in [-0.39, 0.29) is 11.7 Å². The van der Waals surface area contributed by atoms with Crippen molar-refractivity contribution in [2.45, 2.75) is 22.3 Å². The van der Waals surface area contributed by atoms with Gasteiger partial charge in [-0.15, -0.1) is 16.1 Å². The number of nitriles is 1. The molecule has 12 nitrogen and oxygen atoms in total. The SMILES string of the molecule is CN(C)CC[C@H](CSc1ccccc1)Nc1ccc(S(=O)(=O)N(C#N)C(=N)N2CCN(c3ccccc3)CC2)cc1[N+](=O)[O-]. The summed E-state index contributed by atoms with van der Waals surface area (Å²) >= 11 is 1.62. The van der Waals surface area contributed by atoms with Crippen molar-refractivity contribution >= 4 is 44.8 Å². The molecule has 1 saturated heterocycles. The number of hydrogen-bond acceptors (Lipinski definition) is 10. The second kappa shape index (κ2) is 14.9. The zero-order valence-electron chi connectivity index (χ0n) is 24.7. The second-order valence-corrected chi connectivity index (χ2v) is 13.4. The van der Waals surface area contributed by atoms with Crippen LogP contribution in [0.3, 0.4) is 0 Å². The quantitative estimate of drug-likeness (QED) is 0.0559. The first-order chi connectivity index (χ1) is 21.1. The van der Waals surface area contributed by atoms with Crippen LogP contribution in [0.5, 0.6) is 0 Å². The van der Waals surface area contributed by atoms with Crippen LogP contribution in [0.15, 0.2) is 88.7 Å². The van der Waals surface area contributed by atoms with Gasteiger partial charge >= 0.3 is 0 Å². The van der Waals surface area contributed by atoms with E-state index in [1.807, 2.05) is 79.7 Å². The number of hydrogen-bond donors (Lipinski definition) is 2. The van der Waals surface area contributed by atoms with Gasteiger partial charge in [-0.1, -0.05) is 36.4 Å². The van der Waals surface area contributed by atoms with Gasteiger partial charge in [-0.2, -0.15) is 13.7 Å². The van der Waals surface area contributed by atoms with Crippen molar-refractivity contribution in [1.29, 1.82) is 10.7 Å². The fraction of sp³-hybridized carbons (Fsp3) is 0.333. The van der Waals surface area contributed by atoms with Crippen molar-refractivity contribution in [3.8, 4) is 6.19 Å². The highest BCUT2D eigenvalue weighted by Gasteiger charge is 2.34. The Labute approximate surface area is 262 Å². The highest BCUT2D eigenvalue weighted by atomic mass is 32.2. The van der Waals surface area contributed by atoms with Crippen LogP contribution < -0.4 is 10.2 Å². The molecule has 44 heavy (non-hydrogen) atoms. The summed E-state index contributed by atoms with van der Waals surface area (Å²) in [7, 11) is -0.686. The summed E-state index contributed by atoms with van der Waals surface area (Å²) in [5.74, 6) is 0.137. The number of nitrogens with one attached hydrogen (secondary N) is 2. The Kier molecular flexibility index (Phi) is 11.0. The summed E-state index contributed by atoms with van der Waals surface area (Å²) in [6, 6.07) is 23.0. The number of rotatable bonds is 12. The van der Waals surface area contributed by atoms with Crippen LogP contribution in [0.25, 0.3) is 0 Å². The number of thioether (sulfide) groups is 1. The molecule has 0 unspecified atom stereocenters. The molecule has 0 amide bonds. The van der Waals surface area contributed by atoms with Crippen LogP contribution in [0, 0.1) is 27.0 Å². The lowest BCUT2D eigenvalue weighted by atomic mass is 10.2. The van der Waals surface area contributed by atoms with Crippen LogP contribution in [0.1, 0.15) is 6.42 Å². The average molecular weight is 637 g/mol. The van der Waals surface area contributed by atoms with Crippen LogP contribution in [0.2, 0.25) is 0 Å². The molecule has 14 heteroatoms. The number of sulfonamides is 1. The highest BCUT2D eigenvalue weighted by molar-refractivity contribution is 7.99. The predicted octanol–water partition coefficient (Wildman–Crippen LogP) is 4.35. The predicted molar refractivity (Wildman–Crippen MR) is 173 cm³/mol. The average Bonchev–Trinajstić information content (AvgIpc) is 3.03. The fourth-order valence-electron chi connectivity index (χ4n) is 4.75. The van der Waals surface area contributed by atoms with Crippen molar-refractivity contribution < 1.29 is 13.3 Å². The first kappa shape index (κ1) is 32.6. The van der Waals surface area contributed by atoms with E-state index in [0.717, 1.165) is 23.2 Å². The molecule has 3 aromatic rings. The van der Waals surface area contributed by atoms with E-state index >= 15 is 0 Å². The Morgan fingerprint density at radius 2 is 1.70 bits per heavy atom. The third-order valence-corrected chi connectivity index (χ3v) is 9.93. The molecule has 1 atom stereocenters. The maximum Gasteiger partial charge on any atom is 0.293 e. The molecule has 4 rings (SSSR count). The van der Waals surface area contributed by atoms with E-state index in [2.05, 4.69) is 10.2 Å². The van der Waals surface area contributed by atoms with Crippen molar-refractivity contribution in [3.05, 3.63) is 89.0 Å². The Morgan fingerprint density at radius 1 is 1.07 bits per heavy atom. The van der Waals surface area contributed by atoms with E-state index in [9.17, 15) is 23.8 Å². The summed E-state index contributed by atoms with van der Waals surface area (Å²) in [5, 5.41) is 33.8. The second-order valence-electron chi connectivity index (χ2n) is 10.5. The largest absolute Gasteiger partial charge is 0.376 e. The molecule has 1 heterocycles. The van der Waals surface area contributed by atoms with E-state index in [1.165, 1.54) is 17.0 Å².